The Morgan fingerprint density at radius 3 is 2.67 bits per heavy atom. The van der Waals surface area contributed by atoms with Crippen molar-refractivity contribution >= 4 is 6.03 Å². The summed E-state index contributed by atoms with van der Waals surface area (Å²) < 4.78 is 5.27. The topological polar surface area (TPSA) is 65.7 Å². The minimum absolute atomic E-state index is 0.0740. The molecule has 0 aliphatic carbocycles. The monoisotopic (exact) mass is 288 g/mol. The van der Waals surface area contributed by atoms with E-state index in [0.29, 0.717) is 12.3 Å². The van der Waals surface area contributed by atoms with Crippen molar-refractivity contribution in [2.45, 2.75) is 19.5 Å². The molecule has 0 spiro atoms. The number of rotatable bonds is 6. The average molecular weight is 288 g/mol. The van der Waals surface area contributed by atoms with Crippen LogP contribution in [0.15, 0.2) is 53.1 Å². The summed E-state index contributed by atoms with van der Waals surface area (Å²) in [6.07, 6.45) is 1.58. The van der Waals surface area contributed by atoms with Crippen molar-refractivity contribution in [2.24, 2.45) is 0 Å². The SMILES string of the molecule is CC(NC(=O)N(CCO)Cc1ccccc1)c1ccco1. The van der Waals surface area contributed by atoms with Gasteiger partial charge in [-0.05, 0) is 24.6 Å². The summed E-state index contributed by atoms with van der Waals surface area (Å²) in [6.45, 7) is 2.52. The van der Waals surface area contributed by atoms with Gasteiger partial charge in [-0.1, -0.05) is 30.3 Å². The van der Waals surface area contributed by atoms with Gasteiger partial charge in [0.1, 0.15) is 5.76 Å². The Balaban J connectivity index is 1.98. The van der Waals surface area contributed by atoms with Crippen LogP contribution < -0.4 is 5.32 Å². The molecule has 2 aromatic rings. The highest BCUT2D eigenvalue weighted by Gasteiger charge is 2.17. The molecule has 2 N–H and O–H groups in total. The van der Waals surface area contributed by atoms with Crippen molar-refractivity contribution in [3.05, 3.63) is 60.1 Å². The quantitative estimate of drug-likeness (QED) is 0.858. The summed E-state index contributed by atoms with van der Waals surface area (Å²) in [6, 6.07) is 12.8. The van der Waals surface area contributed by atoms with Crippen LogP contribution in [-0.2, 0) is 6.54 Å². The molecule has 21 heavy (non-hydrogen) atoms. The number of carbonyl (C=O) groups excluding carboxylic acids is 1. The van der Waals surface area contributed by atoms with Crippen molar-refractivity contribution in [1.29, 1.82) is 0 Å². The number of urea groups is 1. The smallest absolute Gasteiger partial charge is 0.318 e. The van der Waals surface area contributed by atoms with E-state index >= 15 is 0 Å². The minimum atomic E-state index is -0.225. The van der Waals surface area contributed by atoms with Gasteiger partial charge in [0.05, 0.1) is 18.9 Å². The predicted molar refractivity (Wildman–Crippen MR) is 79.6 cm³/mol. The number of benzene rings is 1. The maximum atomic E-state index is 12.3. The molecular formula is C16H20N2O3. The largest absolute Gasteiger partial charge is 0.467 e. The first kappa shape index (κ1) is 15.1. The standard InChI is InChI=1S/C16H20N2O3/c1-13(15-8-5-11-21-15)17-16(20)18(9-10-19)12-14-6-3-2-4-7-14/h2-8,11,13,19H,9-10,12H2,1H3,(H,17,20). The van der Waals surface area contributed by atoms with E-state index in [4.69, 9.17) is 9.52 Å². The van der Waals surface area contributed by atoms with E-state index < -0.39 is 0 Å². The molecular weight excluding hydrogens is 268 g/mol. The van der Waals surface area contributed by atoms with Crippen LogP contribution in [0.1, 0.15) is 24.3 Å². The van der Waals surface area contributed by atoms with Crippen molar-refractivity contribution in [3.8, 4) is 0 Å². The summed E-state index contributed by atoms with van der Waals surface area (Å²) in [7, 11) is 0. The lowest BCUT2D eigenvalue weighted by atomic mass is 10.2. The molecule has 0 saturated carbocycles. The summed E-state index contributed by atoms with van der Waals surface area (Å²) >= 11 is 0. The third-order valence-corrected chi connectivity index (χ3v) is 3.18. The van der Waals surface area contributed by atoms with Gasteiger partial charge >= 0.3 is 6.03 Å². The fourth-order valence-electron chi connectivity index (χ4n) is 2.06. The molecule has 0 radical (unpaired) electrons. The summed E-state index contributed by atoms with van der Waals surface area (Å²) in [5.74, 6) is 0.701. The van der Waals surface area contributed by atoms with Crippen LogP contribution in [0.2, 0.25) is 0 Å². The number of nitrogens with zero attached hydrogens (tertiary/aromatic N) is 1. The van der Waals surface area contributed by atoms with Crippen LogP contribution in [0.3, 0.4) is 0 Å². The lowest BCUT2D eigenvalue weighted by Crippen LogP contribution is -2.42. The van der Waals surface area contributed by atoms with Crippen molar-refractivity contribution < 1.29 is 14.3 Å². The number of nitrogens with one attached hydrogen (secondary N) is 1. The zero-order valence-electron chi connectivity index (χ0n) is 12.0. The van der Waals surface area contributed by atoms with E-state index in [1.807, 2.05) is 43.3 Å². The van der Waals surface area contributed by atoms with E-state index in [9.17, 15) is 4.79 Å². The lowest BCUT2D eigenvalue weighted by molar-refractivity contribution is 0.170. The zero-order valence-corrected chi connectivity index (χ0v) is 12.0. The van der Waals surface area contributed by atoms with E-state index in [-0.39, 0.29) is 25.2 Å². The van der Waals surface area contributed by atoms with Gasteiger partial charge in [-0.2, -0.15) is 0 Å². The second-order valence-corrected chi connectivity index (χ2v) is 4.82. The molecule has 0 saturated heterocycles. The van der Waals surface area contributed by atoms with Gasteiger partial charge in [0, 0.05) is 13.1 Å². The Morgan fingerprint density at radius 1 is 1.29 bits per heavy atom. The first-order valence-corrected chi connectivity index (χ1v) is 6.94. The van der Waals surface area contributed by atoms with E-state index in [2.05, 4.69) is 5.32 Å². The fourth-order valence-corrected chi connectivity index (χ4v) is 2.06. The molecule has 0 bridgehead atoms. The number of aliphatic hydroxyl groups excluding tert-OH is 1. The van der Waals surface area contributed by atoms with E-state index in [1.54, 1.807) is 17.2 Å². The molecule has 5 nitrogen and oxygen atoms in total. The first-order valence-electron chi connectivity index (χ1n) is 6.94. The number of furan rings is 1. The molecule has 1 atom stereocenters. The molecule has 0 fully saturated rings. The Labute approximate surface area is 124 Å². The number of hydrogen-bond acceptors (Lipinski definition) is 3. The van der Waals surface area contributed by atoms with Crippen molar-refractivity contribution in [3.63, 3.8) is 0 Å². The van der Waals surface area contributed by atoms with Crippen LogP contribution >= 0.6 is 0 Å². The highest BCUT2D eigenvalue weighted by molar-refractivity contribution is 5.74. The third-order valence-electron chi connectivity index (χ3n) is 3.18. The number of carbonyl (C=O) groups is 1. The Kier molecular flexibility index (Phi) is 5.40. The molecule has 0 aliphatic heterocycles. The van der Waals surface area contributed by atoms with E-state index in [0.717, 1.165) is 5.56 Å². The maximum absolute atomic E-state index is 12.3. The normalized spacial score (nSPS) is 11.9. The highest BCUT2D eigenvalue weighted by Crippen LogP contribution is 2.13. The van der Waals surface area contributed by atoms with Gasteiger partial charge in [0.25, 0.3) is 0 Å². The Hall–Kier alpha value is -2.27. The van der Waals surface area contributed by atoms with Crippen LogP contribution in [0.4, 0.5) is 4.79 Å². The van der Waals surface area contributed by atoms with Gasteiger partial charge in [-0.3, -0.25) is 0 Å². The van der Waals surface area contributed by atoms with Crippen molar-refractivity contribution in [2.75, 3.05) is 13.2 Å². The molecule has 1 aromatic heterocycles. The predicted octanol–water partition coefficient (Wildman–Crippen LogP) is 2.54. The van der Waals surface area contributed by atoms with Gasteiger partial charge in [-0.15, -0.1) is 0 Å². The fraction of sp³-hybridized carbons (Fsp3) is 0.312. The highest BCUT2D eigenvalue weighted by atomic mass is 16.3. The summed E-state index contributed by atoms with van der Waals surface area (Å²) in [5, 5.41) is 12.0. The number of aliphatic hydroxyl groups is 1. The second-order valence-electron chi connectivity index (χ2n) is 4.82. The van der Waals surface area contributed by atoms with Crippen LogP contribution in [-0.4, -0.2) is 29.2 Å². The molecule has 112 valence electrons. The zero-order chi connectivity index (χ0) is 15.1. The molecule has 0 aliphatic rings. The minimum Gasteiger partial charge on any atom is -0.467 e. The van der Waals surface area contributed by atoms with Gasteiger partial charge in [0.2, 0.25) is 0 Å². The second kappa shape index (κ2) is 7.50. The number of hydrogen-bond donors (Lipinski definition) is 2. The van der Waals surface area contributed by atoms with Crippen molar-refractivity contribution in [1.82, 2.24) is 10.2 Å². The number of amides is 2. The molecule has 2 amide bonds. The van der Waals surface area contributed by atoms with Gasteiger partial charge in [0.15, 0.2) is 0 Å². The summed E-state index contributed by atoms with van der Waals surface area (Å²) in [4.78, 5) is 13.9. The van der Waals surface area contributed by atoms with Crippen LogP contribution in [0, 0.1) is 0 Å². The molecule has 2 rings (SSSR count). The summed E-state index contributed by atoms with van der Waals surface area (Å²) in [5.41, 5.74) is 1.02. The van der Waals surface area contributed by atoms with Gasteiger partial charge in [-0.25, -0.2) is 4.79 Å². The molecule has 5 heteroatoms. The maximum Gasteiger partial charge on any atom is 0.318 e. The lowest BCUT2D eigenvalue weighted by Gasteiger charge is -2.24. The molecule has 1 unspecified atom stereocenters. The molecule has 1 heterocycles. The van der Waals surface area contributed by atoms with E-state index in [1.165, 1.54) is 0 Å². The Morgan fingerprint density at radius 2 is 2.05 bits per heavy atom. The first-order chi connectivity index (χ1) is 10.2. The Bertz CT molecular complexity index is 540. The van der Waals surface area contributed by atoms with Gasteiger partial charge < -0.3 is 19.7 Å². The molecule has 1 aromatic carbocycles. The third kappa shape index (κ3) is 4.36. The van der Waals surface area contributed by atoms with Crippen LogP contribution in [0.25, 0.3) is 0 Å². The van der Waals surface area contributed by atoms with Crippen LogP contribution in [0.5, 0.6) is 0 Å². The average Bonchev–Trinajstić information content (AvgIpc) is 3.02.